The number of hydrogen-bond donors (Lipinski definition) is 0. The van der Waals surface area contributed by atoms with Gasteiger partial charge < -0.3 is 9.29 Å². The predicted octanol–water partition coefficient (Wildman–Crippen LogP) is -2.06. The third-order valence-corrected chi connectivity index (χ3v) is 1.91. The number of ether oxygens (including phenoxy) is 1. The largest absolute Gasteiger partial charge is 1.00 e. The molecule has 1 atom stereocenters. The van der Waals surface area contributed by atoms with Crippen LogP contribution in [0, 0.1) is 0 Å². The van der Waals surface area contributed by atoms with E-state index in [1.54, 1.807) is 12.1 Å². The number of hydrogen-bond acceptors (Lipinski definition) is 3. The summed E-state index contributed by atoms with van der Waals surface area (Å²) in [6.45, 7) is 0. The van der Waals surface area contributed by atoms with Gasteiger partial charge in [-0.1, -0.05) is 0 Å². The third kappa shape index (κ3) is 3.00. The standard InChI is InChI=1S/C7H8O3S.Li/c1-10-6-2-4-7(5-3-6)11(8)9;/h2-5H,1H3,(H,8,9);/q;+1/p-1. The Hall–Kier alpha value is -0.273. The van der Waals surface area contributed by atoms with Gasteiger partial charge in [-0.25, -0.2) is 0 Å². The van der Waals surface area contributed by atoms with Crippen LogP contribution in [0.25, 0.3) is 0 Å². The zero-order chi connectivity index (χ0) is 8.27. The minimum atomic E-state index is -2.14. The maximum atomic E-state index is 10.4. The van der Waals surface area contributed by atoms with Crippen molar-refractivity contribution in [2.75, 3.05) is 7.11 Å². The predicted molar refractivity (Wildman–Crippen MR) is 40.2 cm³/mol. The fourth-order valence-electron chi connectivity index (χ4n) is 0.687. The van der Waals surface area contributed by atoms with Crippen molar-refractivity contribution >= 4 is 11.1 Å². The van der Waals surface area contributed by atoms with E-state index in [1.165, 1.54) is 19.2 Å². The van der Waals surface area contributed by atoms with Crippen molar-refractivity contribution < 1.29 is 32.4 Å². The summed E-state index contributed by atoms with van der Waals surface area (Å²) in [5, 5.41) is 0. The molecule has 0 heterocycles. The first kappa shape index (κ1) is 11.7. The molecule has 12 heavy (non-hydrogen) atoms. The molecule has 0 saturated carbocycles. The smallest absolute Gasteiger partial charge is 0.768 e. The Balaban J connectivity index is 0.00000121. The van der Waals surface area contributed by atoms with Gasteiger partial charge in [-0.05, 0) is 35.3 Å². The molecule has 0 aliphatic rings. The second kappa shape index (κ2) is 5.39. The summed E-state index contributed by atoms with van der Waals surface area (Å²) in [5.74, 6) is 0.652. The van der Waals surface area contributed by atoms with E-state index in [9.17, 15) is 8.76 Å². The van der Waals surface area contributed by atoms with Gasteiger partial charge in [0.05, 0.1) is 7.11 Å². The van der Waals surface area contributed by atoms with Crippen LogP contribution >= 0.6 is 0 Å². The van der Waals surface area contributed by atoms with Gasteiger partial charge in [0, 0.05) is 4.90 Å². The number of methoxy groups -OCH3 is 1. The molecule has 0 amide bonds. The van der Waals surface area contributed by atoms with Crippen molar-refractivity contribution in [3.63, 3.8) is 0 Å². The Morgan fingerprint density at radius 2 is 1.83 bits per heavy atom. The van der Waals surface area contributed by atoms with Crippen LogP contribution in [-0.2, 0) is 11.1 Å². The van der Waals surface area contributed by atoms with Crippen molar-refractivity contribution in [1.82, 2.24) is 0 Å². The normalized spacial score (nSPS) is 11.5. The van der Waals surface area contributed by atoms with E-state index in [2.05, 4.69) is 0 Å². The van der Waals surface area contributed by atoms with E-state index in [0.29, 0.717) is 5.75 Å². The zero-order valence-corrected chi connectivity index (χ0v) is 7.76. The molecular formula is C7H7LiO3S. The second-order valence-electron chi connectivity index (χ2n) is 1.91. The Morgan fingerprint density at radius 1 is 1.33 bits per heavy atom. The van der Waals surface area contributed by atoms with Gasteiger partial charge in [0.25, 0.3) is 0 Å². The average Bonchev–Trinajstić information content (AvgIpc) is 2.05. The van der Waals surface area contributed by atoms with Crippen LogP contribution < -0.4 is 23.6 Å². The average molecular weight is 178 g/mol. The van der Waals surface area contributed by atoms with Crippen molar-refractivity contribution in [3.8, 4) is 5.75 Å². The van der Waals surface area contributed by atoms with Gasteiger partial charge in [0.2, 0.25) is 0 Å². The molecule has 0 saturated heterocycles. The maximum Gasteiger partial charge on any atom is 1.00 e. The minimum absolute atomic E-state index is 0. The molecule has 0 fully saturated rings. The van der Waals surface area contributed by atoms with Gasteiger partial charge in [0.15, 0.2) is 0 Å². The molecule has 5 heteroatoms. The fourth-order valence-corrected chi connectivity index (χ4v) is 1.05. The van der Waals surface area contributed by atoms with E-state index < -0.39 is 11.1 Å². The Labute approximate surface area is 85.6 Å². The SMILES string of the molecule is COc1ccc(S(=O)[O-])cc1.[Li+]. The van der Waals surface area contributed by atoms with Crippen LogP contribution in [0.1, 0.15) is 0 Å². The van der Waals surface area contributed by atoms with E-state index in [0.717, 1.165) is 0 Å². The fraction of sp³-hybridized carbons (Fsp3) is 0.143. The first-order chi connectivity index (χ1) is 5.24. The second-order valence-corrected chi connectivity index (χ2v) is 2.85. The topological polar surface area (TPSA) is 49.4 Å². The quantitative estimate of drug-likeness (QED) is 0.386. The van der Waals surface area contributed by atoms with Gasteiger partial charge >= 0.3 is 18.9 Å². The first-order valence-electron chi connectivity index (χ1n) is 2.97. The summed E-state index contributed by atoms with van der Waals surface area (Å²) in [6, 6.07) is 6.18. The maximum absolute atomic E-state index is 10.4. The van der Waals surface area contributed by atoms with E-state index in [4.69, 9.17) is 4.74 Å². The van der Waals surface area contributed by atoms with Gasteiger partial charge in [-0.15, -0.1) is 0 Å². The van der Waals surface area contributed by atoms with Crippen molar-refractivity contribution in [1.29, 1.82) is 0 Å². The molecule has 1 unspecified atom stereocenters. The monoisotopic (exact) mass is 178 g/mol. The summed E-state index contributed by atoms with van der Waals surface area (Å²) < 4.78 is 25.6. The summed E-state index contributed by atoms with van der Waals surface area (Å²) in [7, 11) is 1.53. The first-order valence-corrected chi connectivity index (χ1v) is 4.05. The van der Waals surface area contributed by atoms with Crippen LogP contribution in [0.15, 0.2) is 29.2 Å². The molecule has 0 aliphatic carbocycles. The Morgan fingerprint density at radius 3 is 2.17 bits per heavy atom. The molecule has 0 aliphatic heterocycles. The van der Waals surface area contributed by atoms with Crippen molar-refractivity contribution in [2.24, 2.45) is 0 Å². The molecule has 0 aromatic heterocycles. The summed E-state index contributed by atoms with van der Waals surface area (Å²) >= 11 is -2.14. The molecule has 0 radical (unpaired) electrons. The molecule has 1 aromatic carbocycles. The van der Waals surface area contributed by atoms with Crippen LogP contribution in [-0.4, -0.2) is 15.9 Å². The molecule has 0 N–H and O–H groups in total. The van der Waals surface area contributed by atoms with Gasteiger partial charge in [0.1, 0.15) is 5.75 Å². The van der Waals surface area contributed by atoms with Crippen LogP contribution in [0.3, 0.4) is 0 Å². The van der Waals surface area contributed by atoms with Crippen LogP contribution in [0.2, 0.25) is 0 Å². The minimum Gasteiger partial charge on any atom is -0.768 e. The van der Waals surface area contributed by atoms with E-state index in [-0.39, 0.29) is 23.8 Å². The van der Waals surface area contributed by atoms with E-state index >= 15 is 0 Å². The molecule has 3 nitrogen and oxygen atoms in total. The van der Waals surface area contributed by atoms with Crippen LogP contribution in [0.5, 0.6) is 5.75 Å². The number of benzene rings is 1. The van der Waals surface area contributed by atoms with Crippen molar-refractivity contribution in [3.05, 3.63) is 24.3 Å². The summed E-state index contributed by atoms with van der Waals surface area (Å²) in [6.07, 6.45) is 0. The van der Waals surface area contributed by atoms with Gasteiger partial charge in [-0.3, -0.25) is 4.21 Å². The molecule has 0 bridgehead atoms. The molecule has 60 valence electrons. The molecule has 0 spiro atoms. The van der Waals surface area contributed by atoms with Crippen LogP contribution in [0.4, 0.5) is 0 Å². The molecular weight excluding hydrogens is 171 g/mol. The summed E-state index contributed by atoms with van der Waals surface area (Å²) in [4.78, 5) is 0.269. The number of rotatable bonds is 2. The summed E-state index contributed by atoms with van der Waals surface area (Å²) in [5.41, 5.74) is 0. The Bertz CT molecular complexity index is 260. The van der Waals surface area contributed by atoms with E-state index in [1.807, 2.05) is 0 Å². The Kier molecular flexibility index (Phi) is 5.26. The van der Waals surface area contributed by atoms with Gasteiger partial charge in [-0.2, -0.15) is 0 Å². The van der Waals surface area contributed by atoms with Crippen molar-refractivity contribution in [2.45, 2.75) is 4.90 Å². The molecule has 1 aromatic rings. The molecule has 1 rings (SSSR count). The third-order valence-electron chi connectivity index (χ3n) is 1.25. The zero-order valence-electron chi connectivity index (χ0n) is 6.94.